The Hall–Kier alpha value is -4.48. The fraction of sp³-hybridized carbons (Fsp3) is 0.697. The minimum absolute atomic E-state index is 0.0337. The van der Waals surface area contributed by atoms with Gasteiger partial charge in [-0.3, -0.25) is 24.2 Å². The molecule has 2 unspecified atom stereocenters. The molecule has 496 valence electrons. The number of rotatable bonds is 11. The van der Waals surface area contributed by atoms with Crippen molar-refractivity contribution in [1.82, 2.24) is 20.4 Å². The van der Waals surface area contributed by atoms with Crippen molar-refractivity contribution in [2.45, 2.75) is 224 Å². The Morgan fingerprint density at radius 2 is 1.15 bits per heavy atom. The standard InChI is InChI=1S/C47H58F3N3O5.C29H46N2O2/c1-27-22-40-41(29(3)46(58-40)19-17-35-36-15-14-33-24-34(54)16-18-45(33,4)38(36)25-37(35)28(46)2)53(26-27)21-20-51-43(56)39(52-44(57)47(48,49)50)23-30-10-12-32(13-11-30)42(55)31-8-6-5-7-9-31;1-17-13-26-27(31(16-17)12-11-30)19(3)29(33-26)10-8-22-23-6-5-20-14-21(32)7-9-28(20,4)25(23)15-24(22)18(29)2/h5-14,27,29,34-36,38-41,54H,15-26H2,1-4H3,(H,51,56)(H,52,57);5,17,19,21-23,25-27,32H,6-16,30H2,1-4H3/t27-,29+,34-,35-,36-,38-,39-,40+,41-,45-,46?;17-,19+,21-,22-,23-,25-,26+,27-,28-,29?/m00/s1. The molecule has 21 atom stereocenters. The van der Waals surface area contributed by atoms with E-state index in [1.165, 1.54) is 49.8 Å². The monoisotopic (exact) mass is 1260 g/mol. The van der Waals surface area contributed by atoms with Gasteiger partial charge >= 0.3 is 12.1 Å². The second-order valence-electron chi connectivity index (χ2n) is 31.6. The number of ether oxygens (including phenoxy) is 2. The Kier molecular flexibility index (Phi) is 17.9. The number of allylic oxidation sites excluding steroid dienone is 4. The summed E-state index contributed by atoms with van der Waals surface area (Å²) in [5, 5.41) is 25.6. The molecule has 2 amide bonds. The van der Waals surface area contributed by atoms with Crippen molar-refractivity contribution < 1.29 is 47.2 Å². The zero-order valence-electron chi connectivity index (χ0n) is 55.5. The first-order valence-corrected chi connectivity index (χ1v) is 35.4. The van der Waals surface area contributed by atoms with Gasteiger partial charge in [-0.15, -0.1) is 0 Å². The maximum Gasteiger partial charge on any atom is 0.471 e. The highest BCUT2D eigenvalue weighted by Gasteiger charge is 2.64. The molecular weight excluding hydrogens is 1150 g/mol. The number of carbonyl (C=O) groups excluding carboxylic acids is 3. The zero-order valence-corrected chi connectivity index (χ0v) is 55.5. The number of hydrogen-bond acceptors (Lipinski definition) is 10. The molecule has 0 aromatic heterocycles. The van der Waals surface area contributed by atoms with Gasteiger partial charge in [0, 0.05) is 80.7 Å². The van der Waals surface area contributed by atoms with E-state index in [9.17, 15) is 37.8 Å². The van der Waals surface area contributed by atoms with Gasteiger partial charge in [0.05, 0.1) is 35.6 Å². The number of nitrogens with one attached hydrogen (secondary N) is 2. The lowest BCUT2D eigenvalue weighted by atomic mass is 9.56. The van der Waals surface area contributed by atoms with Gasteiger partial charge in [0.15, 0.2) is 5.78 Å². The van der Waals surface area contributed by atoms with Crippen molar-refractivity contribution >= 4 is 17.6 Å². The van der Waals surface area contributed by atoms with E-state index in [2.05, 4.69) is 82.7 Å². The number of fused-ring (bicyclic) bond motifs is 12. The number of nitrogens with zero attached hydrogens (tertiary/aromatic N) is 2. The molecule has 2 spiro atoms. The van der Waals surface area contributed by atoms with Crippen molar-refractivity contribution in [2.24, 2.45) is 75.7 Å². The average Bonchev–Trinajstić information content (AvgIpc) is 1.56. The molecule has 12 aliphatic rings. The molecule has 2 aromatic carbocycles. The molecule has 8 aliphatic carbocycles. The predicted molar refractivity (Wildman–Crippen MR) is 347 cm³/mol. The summed E-state index contributed by atoms with van der Waals surface area (Å²) in [6, 6.07) is 14.3. The van der Waals surface area contributed by atoms with Crippen LogP contribution in [0.3, 0.4) is 0 Å². The molecule has 6 N–H and O–H groups in total. The molecule has 4 saturated carbocycles. The lowest BCUT2D eigenvalue weighted by Crippen LogP contribution is -2.55. The van der Waals surface area contributed by atoms with E-state index < -0.39 is 24.0 Å². The molecule has 0 radical (unpaired) electrons. The Labute approximate surface area is 539 Å². The number of likely N-dealkylation sites (tertiary alicyclic amines) is 2. The van der Waals surface area contributed by atoms with Crippen LogP contribution >= 0.6 is 0 Å². The molecule has 4 saturated heterocycles. The zero-order chi connectivity index (χ0) is 64.3. The van der Waals surface area contributed by atoms with E-state index in [4.69, 9.17) is 15.2 Å². The maximum absolute atomic E-state index is 13.6. The molecule has 4 heterocycles. The van der Waals surface area contributed by atoms with Crippen molar-refractivity contribution in [3.63, 3.8) is 0 Å². The Morgan fingerprint density at radius 1 is 0.670 bits per heavy atom. The van der Waals surface area contributed by atoms with Crippen molar-refractivity contribution in [3.05, 3.63) is 117 Å². The highest BCUT2D eigenvalue weighted by molar-refractivity contribution is 6.09. The minimum Gasteiger partial charge on any atom is -0.393 e. The topological polar surface area (TPSA) is 167 Å². The van der Waals surface area contributed by atoms with Crippen LogP contribution in [0.25, 0.3) is 0 Å². The third-order valence-corrected chi connectivity index (χ3v) is 26.9. The first-order chi connectivity index (χ1) is 43.4. The fourth-order valence-electron chi connectivity index (χ4n) is 22.3. The molecule has 0 bridgehead atoms. The van der Waals surface area contributed by atoms with E-state index in [0.717, 1.165) is 108 Å². The lowest BCUT2D eigenvalue weighted by Gasteiger charge is -2.49. The Balaban J connectivity index is 0.000000193. The van der Waals surface area contributed by atoms with Crippen LogP contribution in [0.1, 0.15) is 180 Å². The number of hydrogen-bond donors (Lipinski definition) is 5. The second-order valence-corrected chi connectivity index (χ2v) is 31.6. The third kappa shape index (κ3) is 11.4. The van der Waals surface area contributed by atoms with Crippen LogP contribution in [0.15, 0.2) is 100 Å². The first-order valence-electron chi connectivity index (χ1n) is 35.4. The summed E-state index contributed by atoms with van der Waals surface area (Å²) in [5.74, 6) is 2.82. The van der Waals surface area contributed by atoms with E-state index in [0.29, 0.717) is 76.3 Å². The molecule has 8 fully saturated rings. The summed E-state index contributed by atoms with van der Waals surface area (Å²) in [6.07, 6.45) is 16.9. The number of piperidine rings is 2. The largest absolute Gasteiger partial charge is 0.471 e. The first kappa shape index (κ1) is 65.2. The smallest absolute Gasteiger partial charge is 0.393 e. The minimum atomic E-state index is -5.15. The summed E-state index contributed by atoms with van der Waals surface area (Å²) in [6.45, 7) is 23.6. The van der Waals surface area contributed by atoms with Crippen LogP contribution in [-0.2, 0) is 25.5 Å². The van der Waals surface area contributed by atoms with Gasteiger partial charge in [-0.05, 0) is 191 Å². The molecule has 4 aliphatic heterocycles. The summed E-state index contributed by atoms with van der Waals surface area (Å²) < 4.78 is 54.7. The molecule has 14 rings (SSSR count). The van der Waals surface area contributed by atoms with Crippen LogP contribution in [0, 0.1) is 70.0 Å². The molecule has 12 nitrogen and oxygen atoms in total. The van der Waals surface area contributed by atoms with Crippen LogP contribution in [-0.4, -0.2) is 137 Å². The van der Waals surface area contributed by atoms with Gasteiger partial charge < -0.3 is 36.1 Å². The van der Waals surface area contributed by atoms with Crippen LogP contribution in [0.4, 0.5) is 13.2 Å². The van der Waals surface area contributed by atoms with Crippen LogP contribution in [0.5, 0.6) is 0 Å². The number of nitrogens with two attached hydrogens (primary N) is 1. The highest BCUT2D eigenvalue weighted by Crippen LogP contribution is 2.67. The van der Waals surface area contributed by atoms with Crippen LogP contribution in [0.2, 0.25) is 0 Å². The summed E-state index contributed by atoms with van der Waals surface area (Å²) in [5.41, 5.74) is 16.9. The number of aliphatic hydroxyl groups excluding tert-OH is 2. The van der Waals surface area contributed by atoms with Gasteiger partial charge in [-0.25, -0.2) is 0 Å². The SMILES string of the molecule is CC1=C2C[C@H]3[C@@H](CC=C4C[C@@H](O)CC[C@@]43C)[C@@H]2CCC12O[C@@H]1C[C@H](C)CN(CCN)[C@H]1[C@H]2C.CC1=C2C[C@H]3[C@@H](CC=C4C[C@@H](O)CC[C@@]43C)[C@@H]2CCC12O[C@@H]1C[C@H](C)CN(CCNC(=O)[C@H](Cc3ccc(C(=O)c4ccccc4)cc3)NC(=O)C(F)(F)F)[C@H]1[C@H]2C. The van der Waals surface area contributed by atoms with E-state index >= 15 is 0 Å². The van der Waals surface area contributed by atoms with Gasteiger partial charge in [-0.1, -0.05) is 131 Å². The quantitative estimate of drug-likeness (QED) is 0.108. The average molecular weight is 1260 g/mol. The summed E-state index contributed by atoms with van der Waals surface area (Å²) >= 11 is 0. The number of ketones is 1. The van der Waals surface area contributed by atoms with Gasteiger partial charge in [0.2, 0.25) is 5.91 Å². The molecule has 2 aromatic rings. The molecule has 15 heteroatoms. The summed E-state index contributed by atoms with van der Waals surface area (Å²) in [7, 11) is 0. The van der Waals surface area contributed by atoms with E-state index in [1.807, 2.05) is 11.4 Å². The van der Waals surface area contributed by atoms with Gasteiger partial charge in [0.25, 0.3) is 0 Å². The predicted octanol–water partition coefficient (Wildman–Crippen LogP) is 12.0. The van der Waals surface area contributed by atoms with Gasteiger partial charge in [0.1, 0.15) is 6.04 Å². The molecule has 91 heavy (non-hydrogen) atoms. The maximum atomic E-state index is 13.6. The van der Waals surface area contributed by atoms with E-state index in [1.54, 1.807) is 70.8 Å². The summed E-state index contributed by atoms with van der Waals surface area (Å²) in [4.78, 5) is 43.6. The van der Waals surface area contributed by atoms with E-state index in [-0.39, 0.29) is 65.6 Å². The molecular formula is C76H104F3N5O7. The number of amides is 2. The third-order valence-electron chi connectivity index (χ3n) is 26.9. The lowest BCUT2D eigenvalue weighted by molar-refractivity contribution is -0.174. The van der Waals surface area contributed by atoms with Crippen molar-refractivity contribution in [1.29, 1.82) is 0 Å². The fourth-order valence-corrected chi connectivity index (χ4v) is 22.3. The number of carbonyl (C=O) groups is 3. The number of aliphatic hydroxyl groups is 2. The number of halogens is 3. The normalized spacial score (nSPS) is 41.1. The second kappa shape index (κ2) is 24.9. The van der Waals surface area contributed by atoms with Gasteiger partial charge in [-0.2, -0.15) is 13.2 Å². The van der Waals surface area contributed by atoms with Crippen molar-refractivity contribution in [2.75, 3.05) is 39.3 Å². The Bertz CT molecular complexity index is 3220. The number of alkyl halides is 3. The Morgan fingerprint density at radius 3 is 1.64 bits per heavy atom. The van der Waals surface area contributed by atoms with Crippen molar-refractivity contribution in [3.8, 4) is 0 Å². The van der Waals surface area contributed by atoms with Crippen LogP contribution < -0.4 is 16.4 Å². The number of benzene rings is 2. The highest BCUT2D eigenvalue weighted by atomic mass is 19.4.